The van der Waals surface area contributed by atoms with Crippen LogP contribution >= 0.6 is 0 Å². The van der Waals surface area contributed by atoms with Crippen molar-refractivity contribution in [2.45, 2.75) is 175 Å². The molecule has 1 rings (SSSR count). The SMILES string of the molecule is CCCCCCCCCCCCc1cc(CCCCCCCCCCCC)c[n+](CCC)c1. The van der Waals surface area contributed by atoms with Crippen molar-refractivity contribution in [1.29, 1.82) is 0 Å². The van der Waals surface area contributed by atoms with Crippen LogP contribution in [0.3, 0.4) is 0 Å². The number of rotatable bonds is 24. The fraction of sp³-hybridized carbons (Fsp3) is 0.844. The Morgan fingerprint density at radius 2 is 0.758 bits per heavy atom. The Morgan fingerprint density at radius 3 is 1.09 bits per heavy atom. The monoisotopic (exact) mass is 458 g/mol. The average Bonchev–Trinajstić information content (AvgIpc) is 2.81. The van der Waals surface area contributed by atoms with E-state index < -0.39 is 0 Å². The molecule has 1 heterocycles. The smallest absolute Gasteiger partial charge is 0.171 e. The van der Waals surface area contributed by atoms with Gasteiger partial charge in [0.15, 0.2) is 12.4 Å². The molecule has 0 unspecified atom stereocenters. The van der Waals surface area contributed by atoms with Gasteiger partial charge in [-0.3, -0.25) is 0 Å². The van der Waals surface area contributed by atoms with E-state index in [9.17, 15) is 0 Å². The molecular formula is C32H60N+. The van der Waals surface area contributed by atoms with Crippen LogP contribution < -0.4 is 4.57 Å². The van der Waals surface area contributed by atoms with E-state index in [0.717, 1.165) is 6.54 Å². The zero-order valence-corrected chi connectivity index (χ0v) is 23.1. The van der Waals surface area contributed by atoms with E-state index in [0.29, 0.717) is 0 Å². The molecule has 0 N–H and O–H groups in total. The third-order valence-corrected chi connectivity index (χ3v) is 7.15. The summed E-state index contributed by atoms with van der Waals surface area (Å²) in [5.74, 6) is 0. The Kier molecular flexibility index (Phi) is 21.0. The molecule has 0 saturated carbocycles. The zero-order valence-electron chi connectivity index (χ0n) is 23.1. The average molecular weight is 459 g/mol. The number of aromatic nitrogens is 1. The molecule has 0 atom stereocenters. The van der Waals surface area contributed by atoms with Crippen molar-refractivity contribution in [3.8, 4) is 0 Å². The molecule has 0 bridgehead atoms. The van der Waals surface area contributed by atoms with Gasteiger partial charge < -0.3 is 0 Å². The lowest BCUT2D eigenvalue weighted by Gasteiger charge is -2.07. The first kappa shape index (κ1) is 30.2. The lowest BCUT2D eigenvalue weighted by Crippen LogP contribution is -2.34. The number of unbranched alkanes of at least 4 members (excludes halogenated alkanes) is 18. The minimum Gasteiger partial charge on any atom is -0.205 e. The zero-order chi connectivity index (χ0) is 23.8. The van der Waals surface area contributed by atoms with Gasteiger partial charge in [-0.05, 0) is 31.7 Å². The highest BCUT2D eigenvalue weighted by atomic mass is 14.9. The van der Waals surface area contributed by atoms with Crippen molar-refractivity contribution in [1.82, 2.24) is 0 Å². The van der Waals surface area contributed by atoms with Gasteiger partial charge in [-0.25, -0.2) is 4.57 Å². The minimum atomic E-state index is 1.16. The second kappa shape index (κ2) is 22.9. The summed E-state index contributed by atoms with van der Waals surface area (Å²) < 4.78 is 2.47. The lowest BCUT2D eigenvalue weighted by molar-refractivity contribution is -0.697. The Morgan fingerprint density at radius 1 is 0.424 bits per heavy atom. The third-order valence-electron chi connectivity index (χ3n) is 7.15. The molecule has 0 fully saturated rings. The van der Waals surface area contributed by atoms with E-state index in [1.165, 1.54) is 148 Å². The molecule has 0 aliphatic heterocycles. The van der Waals surface area contributed by atoms with Crippen molar-refractivity contribution in [3.63, 3.8) is 0 Å². The van der Waals surface area contributed by atoms with Crippen molar-refractivity contribution < 1.29 is 4.57 Å². The van der Waals surface area contributed by atoms with Gasteiger partial charge in [-0.1, -0.05) is 136 Å². The molecule has 1 nitrogen and oxygen atoms in total. The van der Waals surface area contributed by atoms with Crippen LogP contribution in [0.2, 0.25) is 0 Å². The number of nitrogens with zero attached hydrogens (tertiary/aromatic N) is 1. The molecule has 0 saturated heterocycles. The predicted molar refractivity (Wildman–Crippen MR) is 148 cm³/mol. The van der Waals surface area contributed by atoms with Crippen LogP contribution in [0.25, 0.3) is 0 Å². The van der Waals surface area contributed by atoms with E-state index in [1.54, 1.807) is 11.1 Å². The summed E-state index contributed by atoms with van der Waals surface area (Å²) in [7, 11) is 0. The Bertz CT molecular complexity index is 493. The fourth-order valence-electron chi connectivity index (χ4n) is 5.07. The van der Waals surface area contributed by atoms with Gasteiger partial charge in [0.25, 0.3) is 0 Å². The highest BCUT2D eigenvalue weighted by molar-refractivity contribution is 5.15. The number of hydrogen-bond acceptors (Lipinski definition) is 0. The molecular weight excluding hydrogens is 398 g/mol. The third kappa shape index (κ3) is 18.2. The van der Waals surface area contributed by atoms with Gasteiger partial charge in [0.2, 0.25) is 0 Å². The summed E-state index contributed by atoms with van der Waals surface area (Å²) in [6, 6.07) is 2.52. The van der Waals surface area contributed by atoms with Crippen LogP contribution in [0, 0.1) is 0 Å². The van der Waals surface area contributed by atoms with Crippen LogP contribution in [0.5, 0.6) is 0 Å². The van der Waals surface area contributed by atoms with Crippen molar-refractivity contribution >= 4 is 0 Å². The van der Waals surface area contributed by atoms with Gasteiger partial charge in [0.05, 0.1) is 0 Å². The van der Waals surface area contributed by atoms with Crippen LogP contribution in [0.1, 0.15) is 167 Å². The number of hydrogen-bond donors (Lipinski definition) is 0. The van der Waals surface area contributed by atoms with Gasteiger partial charge in [-0.2, -0.15) is 0 Å². The Hall–Kier alpha value is -0.850. The van der Waals surface area contributed by atoms with Crippen LogP contribution in [-0.4, -0.2) is 0 Å². The second-order valence-electron chi connectivity index (χ2n) is 10.7. The van der Waals surface area contributed by atoms with Gasteiger partial charge in [0, 0.05) is 17.5 Å². The molecule has 0 radical (unpaired) electrons. The summed E-state index contributed by atoms with van der Waals surface area (Å²) in [4.78, 5) is 0. The first-order valence-electron chi connectivity index (χ1n) is 15.3. The normalized spacial score (nSPS) is 11.4. The Balaban J connectivity index is 2.19. The quantitative estimate of drug-likeness (QED) is 0.107. The fourth-order valence-corrected chi connectivity index (χ4v) is 5.07. The summed E-state index contributed by atoms with van der Waals surface area (Å²) in [5.41, 5.74) is 3.15. The van der Waals surface area contributed by atoms with Crippen molar-refractivity contribution in [3.05, 3.63) is 29.6 Å². The summed E-state index contributed by atoms with van der Waals surface area (Å²) >= 11 is 0. The first-order chi connectivity index (χ1) is 16.3. The molecule has 0 aliphatic rings. The molecule has 0 aliphatic carbocycles. The largest absolute Gasteiger partial charge is 0.205 e. The minimum absolute atomic E-state index is 1.16. The van der Waals surface area contributed by atoms with E-state index in [-0.39, 0.29) is 0 Å². The molecule has 0 amide bonds. The molecule has 1 aromatic heterocycles. The van der Waals surface area contributed by atoms with E-state index in [1.807, 2.05) is 0 Å². The van der Waals surface area contributed by atoms with Crippen LogP contribution in [-0.2, 0) is 19.4 Å². The van der Waals surface area contributed by atoms with Gasteiger partial charge in [-0.15, -0.1) is 0 Å². The van der Waals surface area contributed by atoms with Crippen molar-refractivity contribution in [2.24, 2.45) is 0 Å². The summed E-state index contributed by atoms with van der Waals surface area (Å²) in [6.07, 6.45) is 37.1. The molecule has 192 valence electrons. The van der Waals surface area contributed by atoms with Gasteiger partial charge in [0.1, 0.15) is 6.54 Å². The maximum absolute atomic E-state index is 2.52. The summed E-state index contributed by atoms with van der Waals surface area (Å²) in [6.45, 7) is 8.07. The predicted octanol–water partition coefficient (Wildman–Crippen LogP) is 10.3. The van der Waals surface area contributed by atoms with Crippen molar-refractivity contribution in [2.75, 3.05) is 0 Å². The highest BCUT2D eigenvalue weighted by Gasteiger charge is 2.07. The summed E-state index contributed by atoms with van der Waals surface area (Å²) in [5, 5.41) is 0. The van der Waals surface area contributed by atoms with E-state index in [2.05, 4.69) is 43.8 Å². The van der Waals surface area contributed by atoms with E-state index in [4.69, 9.17) is 0 Å². The molecule has 1 aromatic rings. The maximum atomic E-state index is 2.52. The number of pyridine rings is 1. The molecule has 33 heavy (non-hydrogen) atoms. The van der Waals surface area contributed by atoms with Crippen LogP contribution in [0.4, 0.5) is 0 Å². The second-order valence-corrected chi connectivity index (χ2v) is 10.7. The first-order valence-corrected chi connectivity index (χ1v) is 15.3. The maximum Gasteiger partial charge on any atom is 0.171 e. The molecule has 1 heteroatoms. The standard InChI is InChI=1S/C32H60N/c1-4-7-9-11-13-15-17-19-21-23-25-31-28-32(30-33(29-31)27-6-3)26-24-22-20-18-16-14-12-10-8-5-2/h28-30H,4-27H2,1-3H3/q+1. The highest BCUT2D eigenvalue weighted by Crippen LogP contribution is 2.15. The molecule has 0 spiro atoms. The van der Waals surface area contributed by atoms with Crippen LogP contribution in [0.15, 0.2) is 18.5 Å². The lowest BCUT2D eigenvalue weighted by atomic mass is 10.0. The Labute approximate surface area is 209 Å². The number of aryl methyl sites for hydroxylation is 3. The topological polar surface area (TPSA) is 3.88 Å². The molecule has 0 aromatic carbocycles. The van der Waals surface area contributed by atoms with Gasteiger partial charge >= 0.3 is 0 Å². The van der Waals surface area contributed by atoms with E-state index >= 15 is 0 Å².